The summed E-state index contributed by atoms with van der Waals surface area (Å²) in [5, 5.41) is 0. The highest BCUT2D eigenvalue weighted by Gasteiger charge is 2.33. The van der Waals surface area contributed by atoms with Crippen LogP contribution in [0.2, 0.25) is 0 Å². The van der Waals surface area contributed by atoms with Crippen LogP contribution in [0.4, 0.5) is 17.6 Å². The second kappa shape index (κ2) is 5.48. The maximum atomic E-state index is 12.9. The number of halogens is 4. The van der Waals surface area contributed by atoms with Gasteiger partial charge in [0.1, 0.15) is 12.4 Å². The zero-order valence-electron chi connectivity index (χ0n) is 10.5. The number of aromatic nitrogens is 1. The molecule has 0 amide bonds. The Labute approximate surface area is 113 Å². The molecule has 0 unspecified atom stereocenters. The topological polar surface area (TPSA) is 22.1 Å². The van der Waals surface area contributed by atoms with Gasteiger partial charge in [0.2, 0.25) is 5.95 Å². The van der Waals surface area contributed by atoms with E-state index in [2.05, 4.69) is 4.98 Å². The molecule has 1 heterocycles. The number of aryl methyl sites for hydroxylation is 1. The number of alkyl halides is 3. The Hall–Kier alpha value is -2.11. The third-order valence-corrected chi connectivity index (χ3v) is 2.80. The first kappa shape index (κ1) is 14.3. The molecule has 0 bridgehead atoms. The summed E-state index contributed by atoms with van der Waals surface area (Å²) < 4.78 is 56.5. The van der Waals surface area contributed by atoms with Gasteiger partial charge >= 0.3 is 6.18 Å². The van der Waals surface area contributed by atoms with Crippen molar-refractivity contribution in [1.29, 1.82) is 0 Å². The van der Waals surface area contributed by atoms with Gasteiger partial charge < -0.3 is 4.74 Å². The van der Waals surface area contributed by atoms with Gasteiger partial charge in [-0.1, -0.05) is 12.1 Å². The summed E-state index contributed by atoms with van der Waals surface area (Å²) in [6.45, 7) is 1.33. The van der Waals surface area contributed by atoms with Crippen LogP contribution in [0, 0.1) is 12.9 Å². The van der Waals surface area contributed by atoms with Crippen molar-refractivity contribution < 1.29 is 22.3 Å². The predicted molar refractivity (Wildman–Crippen MR) is 64.7 cm³/mol. The minimum Gasteiger partial charge on any atom is -0.487 e. The minimum atomic E-state index is -4.44. The number of ether oxygens (including phenoxy) is 1. The first-order valence-corrected chi connectivity index (χ1v) is 5.78. The quantitative estimate of drug-likeness (QED) is 0.625. The van der Waals surface area contributed by atoms with Gasteiger partial charge in [0.15, 0.2) is 0 Å². The van der Waals surface area contributed by atoms with E-state index in [9.17, 15) is 17.6 Å². The van der Waals surface area contributed by atoms with E-state index in [-0.39, 0.29) is 17.9 Å². The summed E-state index contributed by atoms with van der Waals surface area (Å²) in [6.07, 6.45) is -3.31. The van der Waals surface area contributed by atoms with Crippen molar-refractivity contribution in [3.8, 4) is 5.75 Å². The molecular weight excluding hydrogens is 274 g/mol. The molecule has 2 rings (SSSR count). The SMILES string of the molecule is Cc1cccc(C(F)(F)F)c1COc1ccc(F)nc1. The highest BCUT2D eigenvalue weighted by Crippen LogP contribution is 2.33. The minimum absolute atomic E-state index is 0.0596. The molecule has 1 aromatic heterocycles. The molecule has 0 aliphatic carbocycles. The Morgan fingerprint density at radius 1 is 1.15 bits per heavy atom. The van der Waals surface area contributed by atoms with Crippen molar-refractivity contribution in [1.82, 2.24) is 4.98 Å². The van der Waals surface area contributed by atoms with Gasteiger partial charge in [0.25, 0.3) is 0 Å². The Morgan fingerprint density at radius 3 is 2.50 bits per heavy atom. The van der Waals surface area contributed by atoms with Gasteiger partial charge in [-0.05, 0) is 30.7 Å². The molecule has 0 aliphatic heterocycles. The zero-order chi connectivity index (χ0) is 14.8. The summed E-state index contributed by atoms with van der Waals surface area (Å²) in [5.41, 5.74) is -0.188. The molecule has 2 aromatic rings. The Kier molecular flexibility index (Phi) is 3.92. The van der Waals surface area contributed by atoms with Crippen LogP contribution in [0.1, 0.15) is 16.7 Å². The molecule has 1 aromatic carbocycles. The standard InChI is InChI=1S/C14H11F4NO/c1-9-3-2-4-12(14(16,17)18)11(9)8-20-10-5-6-13(15)19-7-10/h2-7H,8H2,1H3. The summed E-state index contributed by atoms with van der Waals surface area (Å²) in [7, 11) is 0. The summed E-state index contributed by atoms with van der Waals surface area (Å²) >= 11 is 0. The molecule has 0 radical (unpaired) electrons. The van der Waals surface area contributed by atoms with Crippen LogP contribution in [-0.2, 0) is 12.8 Å². The molecule has 6 heteroatoms. The number of hydrogen-bond donors (Lipinski definition) is 0. The molecule has 0 saturated carbocycles. The van der Waals surface area contributed by atoms with Crippen molar-refractivity contribution in [3.63, 3.8) is 0 Å². The maximum Gasteiger partial charge on any atom is 0.416 e. The van der Waals surface area contributed by atoms with Crippen LogP contribution in [0.25, 0.3) is 0 Å². The van der Waals surface area contributed by atoms with Crippen LogP contribution in [0.15, 0.2) is 36.5 Å². The Bertz CT molecular complexity index is 593. The summed E-state index contributed by atoms with van der Waals surface area (Å²) in [6, 6.07) is 6.33. The molecule has 20 heavy (non-hydrogen) atoms. The number of hydrogen-bond acceptors (Lipinski definition) is 2. The molecule has 0 N–H and O–H groups in total. The lowest BCUT2D eigenvalue weighted by molar-refractivity contribution is -0.138. The molecule has 0 saturated heterocycles. The van der Waals surface area contributed by atoms with Gasteiger partial charge in [-0.25, -0.2) is 4.98 Å². The Balaban J connectivity index is 2.23. The number of benzene rings is 1. The average Bonchev–Trinajstić information content (AvgIpc) is 2.38. The number of pyridine rings is 1. The first-order valence-electron chi connectivity index (χ1n) is 5.78. The zero-order valence-corrected chi connectivity index (χ0v) is 10.5. The Morgan fingerprint density at radius 2 is 1.90 bits per heavy atom. The largest absolute Gasteiger partial charge is 0.487 e. The lowest BCUT2D eigenvalue weighted by Gasteiger charge is -2.15. The lowest BCUT2D eigenvalue weighted by Crippen LogP contribution is -2.12. The lowest BCUT2D eigenvalue weighted by atomic mass is 10.0. The van der Waals surface area contributed by atoms with E-state index in [0.29, 0.717) is 5.56 Å². The fraction of sp³-hybridized carbons (Fsp3) is 0.214. The van der Waals surface area contributed by atoms with E-state index in [1.54, 1.807) is 13.0 Å². The van der Waals surface area contributed by atoms with Crippen LogP contribution in [-0.4, -0.2) is 4.98 Å². The van der Waals surface area contributed by atoms with E-state index in [0.717, 1.165) is 18.3 Å². The van der Waals surface area contributed by atoms with Crippen molar-refractivity contribution in [2.45, 2.75) is 19.7 Å². The normalized spacial score (nSPS) is 11.4. The third-order valence-electron chi connectivity index (χ3n) is 2.80. The fourth-order valence-corrected chi connectivity index (χ4v) is 1.76. The maximum absolute atomic E-state index is 12.9. The van der Waals surface area contributed by atoms with Crippen molar-refractivity contribution >= 4 is 0 Å². The summed E-state index contributed by atoms with van der Waals surface area (Å²) in [4.78, 5) is 3.37. The smallest absolute Gasteiger partial charge is 0.416 e. The number of rotatable bonds is 3. The van der Waals surface area contributed by atoms with E-state index < -0.39 is 17.7 Å². The van der Waals surface area contributed by atoms with Crippen LogP contribution in [0.3, 0.4) is 0 Å². The van der Waals surface area contributed by atoms with Crippen molar-refractivity contribution in [2.24, 2.45) is 0 Å². The van der Waals surface area contributed by atoms with Gasteiger partial charge in [-0.15, -0.1) is 0 Å². The van der Waals surface area contributed by atoms with Crippen LogP contribution >= 0.6 is 0 Å². The molecule has 106 valence electrons. The van der Waals surface area contributed by atoms with E-state index in [1.165, 1.54) is 12.1 Å². The molecule has 0 atom stereocenters. The number of nitrogens with zero attached hydrogens (tertiary/aromatic N) is 1. The molecular formula is C14H11F4NO. The van der Waals surface area contributed by atoms with E-state index in [1.807, 2.05) is 0 Å². The molecule has 0 fully saturated rings. The highest BCUT2D eigenvalue weighted by molar-refractivity contribution is 5.36. The second-order valence-corrected chi connectivity index (χ2v) is 4.20. The third kappa shape index (κ3) is 3.26. The van der Waals surface area contributed by atoms with E-state index >= 15 is 0 Å². The molecule has 0 spiro atoms. The van der Waals surface area contributed by atoms with Gasteiger partial charge in [0, 0.05) is 5.56 Å². The van der Waals surface area contributed by atoms with Gasteiger partial charge in [-0.2, -0.15) is 17.6 Å². The van der Waals surface area contributed by atoms with E-state index in [4.69, 9.17) is 4.74 Å². The molecule has 0 aliphatic rings. The second-order valence-electron chi connectivity index (χ2n) is 4.20. The van der Waals surface area contributed by atoms with Gasteiger partial charge in [-0.3, -0.25) is 0 Å². The van der Waals surface area contributed by atoms with Crippen LogP contribution < -0.4 is 4.74 Å². The predicted octanol–water partition coefficient (Wildman–Crippen LogP) is 4.13. The van der Waals surface area contributed by atoms with Crippen molar-refractivity contribution in [2.75, 3.05) is 0 Å². The first-order chi connectivity index (χ1) is 9.38. The van der Waals surface area contributed by atoms with Gasteiger partial charge in [0.05, 0.1) is 11.8 Å². The fourth-order valence-electron chi connectivity index (χ4n) is 1.76. The summed E-state index contributed by atoms with van der Waals surface area (Å²) in [5.74, 6) is -0.466. The van der Waals surface area contributed by atoms with Crippen LogP contribution in [0.5, 0.6) is 5.75 Å². The molecule has 2 nitrogen and oxygen atoms in total. The highest BCUT2D eigenvalue weighted by atomic mass is 19.4. The monoisotopic (exact) mass is 285 g/mol. The van der Waals surface area contributed by atoms with Crippen molar-refractivity contribution in [3.05, 3.63) is 59.2 Å². The average molecular weight is 285 g/mol.